The van der Waals surface area contributed by atoms with Crippen LogP contribution in [-0.2, 0) is 0 Å². The molecule has 1 N–H and O–H groups in total. The van der Waals surface area contributed by atoms with E-state index in [-0.39, 0.29) is 0 Å². The standard InChI is InChI=1S/C10H9N3O2/c1-15-10-9(6-11-14)12-7-4-2-3-5-8(7)13-10/h2-6,14H,1H3. The van der Waals surface area contributed by atoms with Crippen molar-refractivity contribution in [2.24, 2.45) is 5.16 Å². The number of nitrogens with zero attached hydrogens (tertiary/aromatic N) is 3. The van der Waals surface area contributed by atoms with Crippen LogP contribution in [0.1, 0.15) is 5.69 Å². The molecule has 0 aliphatic rings. The Kier molecular flexibility index (Phi) is 2.45. The zero-order valence-electron chi connectivity index (χ0n) is 8.08. The highest BCUT2D eigenvalue weighted by Gasteiger charge is 2.06. The number of para-hydroxylation sites is 2. The quantitative estimate of drug-likeness (QED) is 0.455. The lowest BCUT2D eigenvalue weighted by Crippen LogP contribution is -1.98. The van der Waals surface area contributed by atoms with Gasteiger partial charge in [0.25, 0.3) is 0 Å². The van der Waals surface area contributed by atoms with E-state index in [0.29, 0.717) is 11.6 Å². The third-order valence-electron chi connectivity index (χ3n) is 1.94. The van der Waals surface area contributed by atoms with Gasteiger partial charge in [-0.25, -0.2) is 9.97 Å². The van der Waals surface area contributed by atoms with Crippen molar-refractivity contribution in [2.75, 3.05) is 7.11 Å². The number of ether oxygens (including phenoxy) is 1. The number of hydrogen-bond acceptors (Lipinski definition) is 5. The van der Waals surface area contributed by atoms with Crippen molar-refractivity contribution in [3.63, 3.8) is 0 Å². The maximum absolute atomic E-state index is 8.46. The summed E-state index contributed by atoms with van der Waals surface area (Å²) in [6.07, 6.45) is 1.19. The van der Waals surface area contributed by atoms with Gasteiger partial charge in [0.2, 0.25) is 5.88 Å². The third kappa shape index (κ3) is 1.71. The fourth-order valence-corrected chi connectivity index (χ4v) is 1.29. The minimum Gasteiger partial charge on any atom is -0.479 e. The van der Waals surface area contributed by atoms with Crippen LogP contribution in [0.15, 0.2) is 29.4 Å². The SMILES string of the molecule is COc1nc2ccccc2nc1C=NO. The van der Waals surface area contributed by atoms with E-state index in [1.807, 2.05) is 24.3 Å². The molecule has 1 aromatic heterocycles. The maximum atomic E-state index is 8.46. The predicted octanol–water partition coefficient (Wildman–Crippen LogP) is 1.45. The molecule has 0 amide bonds. The molecule has 0 bridgehead atoms. The second-order valence-corrected chi connectivity index (χ2v) is 2.85. The van der Waals surface area contributed by atoms with Gasteiger partial charge in [-0.1, -0.05) is 17.3 Å². The van der Waals surface area contributed by atoms with E-state index in [4.69, 9.17) is 9.94 Å². The van der Waals surface area contributed by atoms with Crippen LogP contribution in [0.4, 0.5) is 0 Å². The molecule has 0 unspecified atom stereocenters. The first kappa shape index (κ1) is 9.39. The van der Waals surface area contributed by atoms with Crippen molar-refractivity contribution in [2.45, 2.75) is 0 Å². The average molecular weight is 203 g/mol. The van der Waals surface area contributed by atoms with Crippen LogP contribution in [0.25, 0.3) is 11.0 Å². The van der Waals surface area contributed by atoms with E-state index in [2.05, 4.69) is 15.1 Å². The summed E-state index contributed by atoms with van der Waals surface area (Å²) in [4.78, 5) is 8.46. The lowest BCUT2D eigenvalue weighted by molar-refractivity contribution is 0.321. The molecule has 5 heteroatoms. The van der Waals surface area contributed by atoms with Gasteiger partial charge in [0, 0.05) is 0 Å². The summed E-state index contributed by atoms with van der Waals surface area (Å²) in [5.41, 5.74) is 1.87. The van der Waals surface area contributed by atoms with Gasteiger partial charge in [-0.15, -0.1) is 0 Å². The Morgan fingerprint density at radius 1 is 1.27 bits per heavy atom. The van der Waals surface area contributed by atoms with Crippen LogP contribution in [0, 0.1) is 0 Å². The molecule has 0 spiro atoms. The van der Waals surface area contributed by atoms with Crippen LogP contribution in [0.2, 0.25) is 0 Å². The average Bonchev–Trinajstić information content (AvgIpc) is 2.28. The number of fused-ring (bicyclic) bond motifs is 1. The van der Waals surface area contributed by atoms with Gasteiger partial charge in [-0.2, -0.15) is 0 Å². The van der Waals surface area contributed by atoms with E-state index in [9.17, 15) is 0 Å². The highest BCUT2D eigenvalue weighted by molar-refractivity contribution is 5.84. The smallest absolute Gasteiger partial charge is 0.242 e. The lowest BCUT2D eigenvalue weighted by atomic mass is 10.3. The molecule has 0 radical (unpaired) electrons. The normalized spacial score (nSPS) is 11.0. The molecule has 0 saturated carbocycles. The van der Waals surface area contributed by atoms with Crippen molar-refractivity contribution in [3.05, 3.63) is 30.0 Å². The fraction of sp³-hybridized carbons (Fsp3) is 0.100. The molecule has 0 saturated heterocycles. The van der Waals surface area contributed by atoms with Gasteiger partial charge in [0.1, 0.15) is 5.69 Å². The molecule has 0 aliphatic carbocycles. The topological polar surface area (TPSA) is 67.6 Å². The van der Waals surface area contributed by atoms with Crippen LogP contribution in [0.5, 0.6) is 5.88 Å². The van der Waals surface area contributed by atoms with Gasteiger partial charge in [0.05, 0.1) is 24.4 Å². The third-order valence-corrected chi connectivity index (χ3v) is 1.94. The Morgan fingerprint density at radius 2 is 1.93 bits per heavy atom. The van der Waals surface area contributed by atoms with Crippen molar-refractivity contribution in [1.82, 2.24) is 9.97 Å². The second kappa shape index (κ2) is 3.91. The number of oxime groups is 1. The first-order valence-electron chi connectivity index (χ1n) is 4.33. The largest absolute Gasteiger partial charge is 0.479 e. The Morgan fingerprint density at radius 3 is 2.53 bits per heavy atom. The minimum absolute atomic E-state index is 0.339. The van der Waals surface area contributed by atoms with E-state index in [1.165, 1.54) is 13.3 Å². The van der Waals surface area contributed by atoms with E-state index in [1.54, 1.807) is 0 Å². The molecule has 0 atom stereocenters. The summed E-state index contributed by atoms with van der Waals surface area (Å²) in [5, 5.41) is 11.4. The van der Waals surface area contributed by atoms with Crippen LogP contribution in [-0.4, -0.2) is 28.5 Å². The molecule has 15 heavy (non-hydrogen) atoms. The summed E-state index contributed by atoms with van der Waals surface area (Å²) in [6.45, 7) is 0. The minimum atomic E-state index is 0.339. The zero-order chi connectivity index (χ0) is 10.7. The van der Waals surface area contributed by atoms with Gasteiger partial charge >= 0.3 is 0 Å². The lowest BCUT2D eigenvalue weighted by Gasteiger charge is -2.03. The molecule has 1 aromatic carbocycles. The second-order valence-electron chi connectivity index (χ2n) is 2.85. The molecule has 0 aliphatic heterocycles. The van der Waals surface area contributed by atoms with Crippen molar-refractivity contribution >= 4 is 17.2 Å². The number of aromatic nitrogens is 2. The van der Waals surface area contributed by atoms with Crippen molar-refractivity contribution in [1.29, 1.82) is 0 Å². The fourth-order valence-electron chi connectivity index (χ4n) is 1.29. The number of rotatable bonds is 2. The maximum Gasteiger partial charge on any atom is 0.242 e. The molecule has 0 fully saturated rings. The van der Waals surface area contributed by atoms with Crippen LogP contribution in [0.3, 0.4) is 0 Å². The highest BCUT2D eigenvalue weighted by atomic mass is 16.5. The van der Waals surface area contributed by atoms with Crippen LogP contribution < -0.4 is 4.74 Å². The zero-order valence-corrected chi connectivity index (χ0v) is 8.08. The Hall–Kier alpha value is -2.17. The first-order valence-corrected chi connectivity index (χ1v) is 4.33. The molecular weight excluding hydrogens is 194 g/mol. The van der Waals surface area contributed by atoms with Gasteiger partial charge < -0.3 is 9.94 Å². The van der Waals surface area contributed by atoms with Crippen molar-refractivity contribution in [3.8, 4) is 5.88 Å². The monoisotopic (exact) mass is 203 g/mol. The Bertz CT molecular complexity index is 511. The molecule has 1 heterocycles. The summed E-state index contributed by atoms with van der Waals surface area (Å²) < 4.78 is 5.03. The highest BCUT2D eigenvalue weighted by Crippen LogP contribution is 2.16. The Balaban J connectivity index is 2.69. The summed E-state index contributed by atoms with van der Waals surface area (Å²) >= 11 is 0. The molecule has 76 valence electrons. The van der Waals surface area contributed by atoms with Crippen molar-refractivity contribution < 1.29 is 9.94 Å². The van der Waals surface area contributed by atoms with E-state index >= 15 is 0 Å². The van der Waals surface area contributed by atoms with Gasteiger partial charge in [-0.05, 0) is 12.1 Å². The molecule has 5 nitrogen and oxygen atoms in total. The van der Waals surface area contributed by atoms with E-state index < -0.39 is 0 Å². The summed E-state index contributed by atoms with van der Waals surface area (Å²) in [5.74, 6) is 0.339. The number of methoxy groups -OCH3 is 1. The molecule has 2 aromatic rings. The predicted molar refractivity (Wildman–Crippen MR) is 55.5 cm³/mol. The van der Waals surface area contributed by atoms with E-state index in [0.717, 1.165) is 11.0 Å². The summed E-state index contributed by atoms with van der Waals surface area (Å²) in [7, 11) is 1.49. The van der Waals surface area contributed by atoms with Gasteiger partial charge in [0.15, 0.2) is 0 Å². The summed E-state index contributed by atoms with van der Waals surface area (Å²) in [6, 6.07) is 7.40. The number of hydrogen-bond donors (Lipinski definition) is 1. The van der Waals surface area contributed by atoms with Gasteiger partial charge in [-0.3, -0.25) is 0 Å². The van der Waals surface area contributed by atoms with Crippen LogP contribution >= 0.6 is 0 Å². The number of benzene rings is 1. The Labute approximate surface area is 86.0 Å². The molecule has 2 rings (SSSR count). The first-order chi connectivity index (χ1) is 7.35. The molecular formula is C10H9N3O2.